The molecule has 2 aromatic heterocycles. The van der Waals surface area contributed by atoms with Gasteiger partial charge in [-0.3, -0.25) is 24.5 Å². The van der Waals surface area contributed by atoms with Gasteiger partial charge in [0, 0.05) is 68.1 Å². The molecule has 320 valence electrons. The lowest BCUT2D eigenvalue weighted by Crippen LogP contribution is -2.47. The van der Waals surface area contributed by atoms with Crippen LogP contribution in [0.25, 0.3) is 16.6 Å². The number of halogens is 2. The zero-order valence-corrected chi connectivity index (χ0v) is 35.6. The predicted octanol–water partition coefficient (Wildman–Crippen LogP) is 9.50. The Morgan fingerprint density at radius 1 is 1.02 bits per heavy atom. The molecule has 1 amide bonds. The number of anilines is 2. The zero-order valence-electron chi connectivity index (χ0n) is 34.0. The summed E-state index contributed by atoms with van der Waals surface area (Å²) in [7, 11) is 1.47. The average molecular weight is 870 g/mol. The Kier molecular flexibility index (Phi) is 13.4. The lowest BCUT2D eigenvalue weighted by Gasteiger charge is -2.47. The molecule has 2 aliphatic carbocycles. The van der Waals surface area contributed by atoms with Crippen LogP contribution in [0, 0.1) is 21.3 Å². The first-order valence-corrected chi connectivity index (χ1v) is 21.8. The molecule has 0 bridgehead atoms. The third-order valence-corrected chi connectivity index (χ3v) is 13.1. The number of carbonyl (C=O) groups is 1. The van der Waals surface area contributed by atoms with Gasteiger partial charge in [-0.15, -0.1) is 0 Å². The van der Waals surface area contributed by atoms with Crippen LogP contribution in [0.5, 0.6) is 11.5 Å². The fraction of sp³-hybridized carbons (Fsp3) is 0.378. The maximum absolute atomic E-state index is 15.2. The number of H-pyrrole nitrogens is 1. The molecule has 0 unspecified atom stereocenters. The van der Waals surface area contributed by atoms with Crippen molar-refractivity contribution in [3.8, 4) is 11.5 Å². The largest absolute Gasteiger partial charge is 0.455 e. The van der Waals surface area contributed by atoms with Gasteiger partial charge in [0.05, 0.1) is 48.0 Å². The SMILES string of the molecule is C1COCCO1.CNc1ccc(SNC(=O)c2ccc(N3CCN(CC4=C(c5ccc(Cl)cc5)CC5(CCC5)CC4)CC3)cc2Oc2cnc3[nH]ccc3c2)c(F)c1[N+](=O)[O-]. The van der Waals surface area contributed by atoms with Gasteiger partial charge in [-0.2, -0.15) is 4.39 Å². The number of aromatic amines is 1. The van der Waals surface area contributed by atoms with Crippen LogP contribution in [0.4, 0.5) is 21.5 Å². The standard InChI is InChI=1S/C41H41ClFN7O4S.C4H8O2/c1-44-34-9-10-36(37(43)38(34)50(52)53)55-47-40(51)32-8-7-30(22-35(32)54-31-21-27-12-16-45-39(27)46-24-31)49-19-17-48(18-20-49)25-28-11-15-41(13-2-14-41)23-33(28)26-3-5-29(42)6-4-26;1-2-6-4-3-5-1/h3-10,12,16,21-22,24,44H,2,11,13-15,17-20,23,25H2,1H3,(H,45,46)(H,47,51);1-4H2. The van der Waals surface area contributed by atoms with Crippen molar-refractivity contribution in [2.24, 2.45) is 5.41 Å². The van der Waals surface area contributed by atoms with E-state index in [1.807, 2.05) is 36.4 Å². The van der Waals surface area contributed by atoms with Crippen molar-refractivity contribution in [3.63, 3.8) is 0 Å². The van der Waals surface area contributed by atoms with Crippen molar-refractivity contribution in [1.29, 1.82) is 0 Å². The van der Waals surface area contributed by atoms with Crippen LogP contribution in [0.1, 0.15) is 54.4 Å². The molecule has 3 aromatic carbocycles. The molecule has 0 atom stereocenters. The first kappa shape index (κ1) is 42.5. The highest BCUT2D eigenvalue weighted by Crippen LogP contribution is 2.55. The number of fused-ring (bicyclic) bond motifs is 1. The molecule has 4 aliphatic rings. The van der Waals surface area contributed by atoms with Crippen LogP contribution in [0.15, 0.2) is 89.6 Å². The Morgan fingerprint density at radius 3 is 2.44 bits per heavy atom. The van der Waals surface area contributed by atoms with E-state index < -0.39 is 22.3 Å². The summed E-state index contributed by atoms with van der Waals surface area (Å²) in [6.45, 7) is 7.42. The van der Waals surface area contributed by atoms with Crippen LogP contribution < -0.4 is 19.7 Å². The Hall–Kier alpha value is -5.19. The van der Waals surface area contributed by atoms with Crippen molar-refractivity contribution in [1.82, 2.24) is 19.6 Å². The predicted molar refractivity (Wildman–Crippen MR) is 237 cm³/mol. The van der Waals surface area contributed by atoms with Gasteiger partial charge in [-0.1, -0.05) is 35.7 Å². The summed E-state index contributed by atoms with van der Waals surface area (Å²) in [5, 5.41) is 15.8. The number of nitrogens with one attached hydrogen (secondary N) is 3. The number of hydrogen-bond acceptors (Lipinski definition) is 11. The Balaban J connectivity index is 0.000000789. The topological polar surface area (TPSA) is 147 Å². The van der Waals surface area contributed by atoms with E-state index in [4.69, 9.17) is 25.8 Å². The molecular weight excluding hydrogens is 821 g/mol. The van der Waals surface area contributed by atoms with E-state index in [1.165, 1.54) is 61.6 Å². The molecule has 0 radical (unpaired) electrons. The molecule has 16 heteroatoms. The fourth-order valence-electron chi connectivity index (χ4n) is 8.51. The zero-order chi connectivity index (χ0) is 42.3. The molecule has 2 saturated heterocycles. The molecule has 5 aromatic rings. The van der Waals surface area contributed by atoms with Crippen LogP contribution >= 0.6 is 23.5 Å². The number of piperazine rings is 1. The third-order valence-electron chi connectivity index (χ3n) is 12.0. The number of carbonyl (C=O) groups excluding carboxylic acids is 1. The Bertz CT molecular complexity index is 2390. The second-order valence-electron chi connectivity index (χ2n) is 15.8. The minimum atomic E-state index is -1.04. The van der Waals surface area contributed by atoms with Crippen LogP contribution in [-0.4, -0.2) is 91.9 Å². The van der Waals surface area contributed by atoms with E-state index in [0.29, 0.717) is 34.5 Å². The number of aromatic nitrogens is 2. The lowest BCUT2D eigenvalue weighted by atomic mass is 9.59. The fourth-order valence-corrected chi connectivity index (χ4v) is 9.27. The molecule has 3 N–H and O–H groups in total. The van der Waals surface area contributed by atoms with E-state index in [1.54, 1.807) is 18.5 Å². The van der Waals surface area contributed by atoms with E-state index in [-0.39, 0.29) is 16.1 Å². The van der Waals surface area contributed by atoms with Gasteiger partial charge in [-0.25, -0.2) is 4.98 Å². The van der Waals surface area contributed by atoms with Crippen molar-refractivity contribution in [2.75, 3.05) is 76.4 Å². The molecule has 1 spiro atoms. The first-order valence-electron chi connectivity index (χ1n) is 20.7. The minimum Gasteiger partial charge on any atom is -0.455 e. The van der Waals surface area contributed by atoms with Crippen molar-refractivity contribution >= 4 is 63.1 Å². The number of ether oxygens (including phenoxy) is 3. The normalized spacial score (nSPS) is 17.7. The highest BCUT2D eigenvalue weighted by Gasteiger charge is 2.41. The summed E-state index contributed by atoms with van der Waals surface area (Å²) in [6.07, 6.45) is 10.9. The number of nitro groups is 1. The number of nitrogens with zero attached hydrogens (tertiary/aromatic N) is 4. The monoisotopic (exact) mass is 869 g/mol. The van der Waals surface area contributed by atoms with Crippen LogP contribution in [0.3, 0.4) is 0 Å². The smallest absolute Gasteiger partial charge is 0.328 e. The summed E-state index contributed by atoms with van der Waals surface area (Å²) in [5.74, 6) is -0.840. The number of amides is 1. The maximum atomic E-state index is 15.2. The number of benzene rings is 3. The summed E-state index contributed by atoms with van der Waals surface area (Å²) in [5.41, 5.74) is 5.98. The first-order chi connectivity index (χ1) is 29.7. The number of pyridine rings is 1. The quantitative estimate of drug-likeness (QED) is 0.0663. The summed E-state index contributed by atoms with van der Waals surface area (Å²) < 4.78 is 34.0. The Labute approximate surface area is 363 Å². The van der Waals surface area contributed by atoms with Crippen molar-refractivity contribution in [2.45, 2.75) is 43.4 Å². The number of nitro benzene ring substituents is 1. The molecule has 1 saturated carbocycles. The van der Waals surface area contributed by atoms with Gasteiger partial charge in [0.1, 0.15) is 22.8 Å². The second kappa shape index (κ2) is 19.2. The summed E-state index contributed by atoms with van der Waals surface area (Å²) in [6, 6.07) is 20.3. The molecule has 4 heterocycles. The molecule has 61 heavy (non-hydrogen) atoms. The molecule has 2 aliphatic heterocycles. The number of rotatable bonds is 11. The van der Waals surface area contributed by atoms with Gasteiger partial charge in [0.2, 0.25) is 5.82 Å². The summed E-state index contributed by atoms with van der Waals surface area (Å²) in [4.78, 5) is 36.7. The van der Waals surface area contributed by atoms with Gasteiger partial charge < -0.3 is 29.4 Å². The van der Waals surface area contributed by atoms with Gasteiger partial charge in [0.25, 0.3) is 5.91 Å². The van der Waals surface area contributed by atoms with Gasteiger partial charge in [0.15, 0.2) is 0 Å². The van der Waals surface area contributed by atoms with E-state index >= 15 is 4.39 Å². The summed E-state index contributed by atoms with van der Waals surface area (Å²) >= 11 is 6.93. The lowest BCUT2D eigenvalue weighted by molar-refractivity contribution is -0.386. The second-order valence-corrected chi connectivity index (χ2v) is 17.1. The highest BCUT2D eigenvalue weighted by molar-refractivity contribution is 7.98. The third kappa shape index (κ3) is 9.97. The maximum Gasteiger partial charge on any atom is 0.328 e. The molecule has 3 fully saturated rings. The van der Waals surface area contributed by atoms with Crippen LogP contribution in [-0.2, 0) is 9.47 Å². The van der Waals surface area contributed by atoms with Crippen molar-refractivity contribution in [3.05, 3.63) is 117 Å². The highest BCUT2D eigenvalue weighted by atomic mass is 35.5. The van der Waals surface area contributed by atoms with Crippen LogP contribution in [0.2, 0.25) is 5.02 Å². The number of hydrogen-bond donors (Lipinski definition) is 3. The van der Waals surface area contributed by atoms with Gasteiger partial charge >= 0.3 is 5.69 Å². The number of allylic oxidation sites excluding steroid dienone is 1. The van der Waals surface area contributed by atoms with E-state index in [0.717, 1.165) is 88.1 Å². The molecular formula is C45H49ClFN7O6S. The Morgan fingerprint density at radius 2 is 1.77 bits per heavy atom. The average Bonchev–Trinajstić information content (AvgIpc) is 3.75. The molecule has 13 nitrogen and oxygen atoms in total. The van der Waals surface area contributed by atoms with E-state index in [2.05, 4.69) is 41.9 Å². The van der Waals surface area contributed by atoms with E-state index in [9.17, 15) is 14.9 Å². The minimum absolute atomic E-state index is 0.0360. The van der Waals surface area contributed by atoms with Crippen molar-refractivity contribution < 1.29 is 28.3 Å². The molecule has 9 rings (SSSR count). The van der Waals surface area contributed by atoms with Gasteiger partial charge in [-0.05, 0) is 109 Å².